The number of rotatable bonds is 19. The van der Waals surface area contributed by atoms with Crippen LogP contribution in [0.1, 0.15) is 0 Å². The van der Waals surface area contributed by atoms with Crippen molar-refractivity contribution in [3.8, 4) is 210 Å². The second-order valence-electron chi connectivity index (χ2n) is 33.8. The lowest BCUT2D eigenvalue weighted by molar-refractivity contribution is 1.30. The molecule has 10 aromatic carbocycles. The minimum absolute atomic E-state index is 0.813. The molecule has 0 saturated carbocycles. The smallest absolute Gasteiger partial charge is 0.143 e. The standard InChI is InChI=1S/C45H29N5S.C44H28N6S.C34H22N4S/c1-2-12-44-43(11-1)50-45(51-44)42-25-30(35-19-36(31-7-3-15-46-26-31)21-37(20-35)32-8-4-16-47-27-32)13-14-41(42)40-23-38(33-9-5-17-48-28-33)22-39(24-40)34-10-6-18-49-29-34;1-2-12-43-40(11-1)50-44(51-43)42-24-38(37-19-33(29-7-3-13-45-25-29)17-34(20-37)30-8-4-14-46-26-30)23-41(49-42)39-21-35(31-9-5-15-47-27-31)18-36(22-39)32-10-6-16-48-28-32;1-2-10-33-32(9-1)38-34(39-33)31-19-23(11-12-30(31)26-8-5-15-37-22-26)27-16-28(24-6-3-13-35-20-24)18-29(17-27)25-7-4-14-36-21-25/h1-29H;1-28H;1-22H. The van der Waals surface area contributed by atoms with Crippen molar-refractivity contribution in [2.24, 2.45) is 0 Å². The molecular formula is C123H79N15S3. The zero-order chi connectivity index (χ0) is 94.0. The monoisotopic (exact) mass is 1860 g/mol. The molecule has 0 spiro atoms. The SMILES string of the molecule is c1cncc(-c2cc(-c3cccnc3)cc(-c3cc(-c4cc(-c5cccnc5)cc(-c5cccnc5)c4)nc(-c4nc5ccccc5s4)c3)c2)c1.c1cncc(-c2cc(-c3cccnc3)cc(-c3ccc(-c4cc(-c5cccnc5)cc(-c5cccnc5)c4)c(-c4nc5ccccc5s4)c3)c2)c1.c1cncc(-c2cc(-c3cccnc3)cc(-c3ccc(-c4cccnc4)c(-c4nc5ccccc5s4)c3)c2)c1. The number of hydrogen-bond donors (Lipinski definition) is 0. The zero-order valence-corrected chi connectivity index (χ0v) is 78.0. The van der Waals surface area contributed by atoms with Crippen molar-refractivity contribution >= 4 is 64.7 Å². The van der Waals surface area contributed by atoms with E-state index in [0.717, 1.165) is 236 Å². The summed E-state index contributed by atoms with van der Waals surface area (Å²) in [5.41, 5.74) is 40.0. The van der Waals surface area contributed by atoms with Crippen LogP contribution in [0.3, 0.4) is 0 Å². The molecule has 25 rings (SSSR count). The Bertz CT molecular complexity index is 8230. The Balaban J connectivity index is 0.000000119. The topological polar surface area (TPSA) is 193 Å². The van der Waals surface area contributed by atoms with Crippen molar-refractivity contribution in [1.82, 2.24) is 74.8 Å². The van der Waals surface area contributed by atoms with Gasteiger partial charge in [0.2, 0.25) is 0 Å². The summed E-state index contributed by atoms with van der Waals surface area (Å²) in [7, 11) is 0. The van der Waals surface area contributed by atoms with Crippen LogP contribution in [0.25, 0.3) is 241 Å². The van der Waals surface area contributed by atoms with E-state index in [1.54, 1.807) is 89.8 Å². The average molecular weight is 1860 g/mol. The summed E-state index contributed by atoms with van der Waals surface area (Å²) in [5.74, 6) is 0. The summed E-state index contributed by atoms with van der Waals surface area (Å²) in [6.45, 7) is 0. The van der Waals surface area contributed by atoms with E-state index in [2.05, 4.69) is 310 Å². The molecule has 15 heterocycles. The molecule has 0 aliphatic heterocycles. The molecule has 0 saturated heterocycles. The highest BCUT2D eigenvalue weighted by atomic mass is 32.1. The van der Waals surface area contributed by atoms with Crippen LogP contribution in [-0.2, 0) is 0 Å². The van der Waals surface area contributed by atoms with Crippen LogP contribution < -0.4 is 0 Å². The quantitative estimate of drug-likeness (QED) is 0.0741. The fourth-order valence-electron chi connectivity index (χ4n) is 17.7. The molecule has 0 bridgehead atoms. The van der Waals surface area contributed by atoms with Gasteiger partial charge in [0.25, 0.3) is 0 Å². The van der Waals surface area contributed by atoms with Crippen LogP contribution in [0.4, 0.5) is 0 Å². The van der Waals surface area contributed by atoms with Gasteiger partial charge in [-0.2, -0.15) is 0 Å². The van der Waals surface area contributed by atoms with Gasteiger partial charge in [0, 0.05) is 214 Å². The molecule has 0 radical (unpaired) electrons. The molecule has 0 aliphatic rings. The Morgan fingerprint density at radius 1 is 0.128 bits per heavy atom. The van der Waals surface area contributed by atoms with Crippen LogP contribution >= 0.6 is 34.0 Å². The van der Waals surface area contributed by atoms with E-state index in [9.17, 15) is 0 Å². The maximum absolute atomic E-state index is 5.32. The highest BCUT2D eigenvalue weighted by Crippen LogP contribution is 2.47. The molecule has 0 aliphatic carbocycles. The molecule has 15 aromatic heterocycles. The van der Waals surface area contributed by atoms with Gasteiger partial charge in [0.05, 0.1) is 36.3 Å². The van der Waals surface area contributed by atoms with Crippen LogP contribution in [0.2, 0.25) is 0 Å². The fraction of sp³-hybridized carbons (Fsp3) is 0. The van der Waals surface area contributed by atoms with E-state index in [-0.39, 0.29) is 0 Å². The van der Waals surface area contributed by atoms with Crippen LogP contribution in [0, 0.1) is 0 Å². The van der Waals surface area contributed by atoms with Crippen molar-refractivity contribution in [3.05, 3.63) is 482 Å². The third-order valence-electron chi connectivity index (χ3n) is 24.6. The third-order valence-corrected chi connectivity index (χ3v) is 27.8. The summed E-state index contributed by atoms with van der Waals surface area (Å²) < 4.78 is 3.45. The van der Waals surface area contributed by atoms with Gasteiger partial charge < -0.3 is 0 Å². The lowest BCUT2D eigenvalue weighted by Crippen LogP contribution is -1.94. The minimum atomic E-state index is 0.813. The van der Waals surface area contributed by atoms with E-state index >= 15 is 0 Å². The Morgan fingerprint density at radius 2 is 0.340 bits per heavy atom. The first-order valence-corrected chi connectivity index (χ1v) is 48.4. The zero-order valence-electron chi connectivity index (χ0n) is 75.5. The molecule has 664 valence electrons. The first-order chi connectivity index (χ1) is 69.8. The van der Waals surface area contributed by atoms with Gasteiger partial charge in [-0.25, -0.2) is 19.9 Å². The molecule has 0 atom stereocenters. The minimum Gasteiger partial charge on any atom is -0.264 e. The number of thiazole rings is 3. The Morgan fingerprint density at radius 3 is 0.610 bits per heavy atom. The summed E-state index contributed by atoms with van der Waals surface area (Å²) in [5, 5.41) is 2.83. The van der Waals surface area contributed by atoms with Gasteiger partial charge in [-0.15, -0.1) is 34.0 Å². The van der Waals surface area contributed by atoms with E-state index in [1.165, 1.54) is 4.70 Å². The van der Waals surface area contributed by atoms with Gasteiger partial charge >= 0.3 is 0 Å². The first kappa shape index (κ1) is 86.8. The number of benzene rings is 10. The maximum Gasteiger partial charge on any atom is 0.143 e. The maximum atomic E-state index is 5.32. The molecule has 0 fully saturated rings. The lowest BCUT2D eigenvalue weighted by atomic mass is 9.89. The predicted octanol–water partition coefficient (Wildman–Crippen LogP) is 31.3. The summed E-state index contributed by atoms with van der Waals surface area (Å²) in [4.78, 5) is 69.0. The second kappa shape index (κ2) is 39.9. The molecule has 25 aromatic rings. The van der Waals surface area contributed by atoms with Gasteiger partial charge in [-0.1, -0.05) is 127 Å². The second-order valence-corrected chi connectivity index (χ2v) is 36.9. The van der Waals surface area contributed by atoms with Crippen molar-refractivity contribution < 1.29 is 0 Å². The van der Waals surface area contributed by atoms with Crippen molar-refractivity contribution in [3.63, 3.8) is 0 Å². The van der Waals surface area contributed by atoms with Crippen molar-refractivity contribution in [2.45, 2.75) is 0 Å². The van der Waals surface area contributed by atoms with Crippen LogP contribution in [0.15, 0.2) is 482 Å². The van der Waals surface area contributed by atoms with E-state index in [4.69, 9.17) is 19.9 Å². The number of nitrogens with zero attached hydrogens (tertiary/aromatic N) is 15. The van der Waals surface area contributed by atoms with Crippen molar-refractivity contribution in [1.29, 1.82) is 0 Å². The van der Waals surface area contributed by atoms with Crippen LogP contribution in [-0.4, -0.2) is 74.8 Å². The fourth-order valence-corrected chi connectivity index (χ4v) is 20.6. The van der Waals surface area contributed by atoms with Gasteiger partial charge in [0.1, 0.15) is 20.7 Å². The highest BCUT2D eigenvalue weighted by Gasteiger charge is 2.23. The van der Waals surface area contributed by atoms with E-state index in [0.29, 0.717) is 0 Å². The first-order valence-electron chi connectivity index (χ1n) is 45.9. The molecule has 0 N–H and O–H groups in total. The Kier molecular flexibility index (Phi) is 24.6. The van der Waals surface area contributed by atoms with Crippen LogP contribution in [0.5, 0.6) is 0 Å². The summed E-state index contributed by atoms with van der Waals surface area (Å²) >= 11 is 5.08. The normalized spacial score (nSPS) is 11.1. The highest BCUT2D eigenvalue weighted by molar-refractivity contribution is 7.22. The number of aromatic nitrogens is 15. The summed E-state index contributed by atoms with van der Waals surface area (Å²) in [6, 6.07) is 121. The lowest BCUT2D eigenvalue weighted by Gasteiger charge is -2.16. The number of pyridine rings is 12. The van der Waals surface area contributed by atoms with Gasteiger partial charge in [0.15, 0.2) is 0 Å². The molecule has 18 heteroatoms. The number of hydrogen-bond acceptors (Lipinski definition) is 18. The predicted molar refractivity (Wildman–Crippen MR) is 576 cm³/mol. The Labute approximate surface area is 825 Å². The molecule has 141 heavy (non-hydrogen) atoms. The van der Waals surface area contributed by atoms with E-state index < -0.39 is 0 Å². The molecular weight excluding hydrogens is 1780 g/mol. The number of fused-ring (bicyclic) bond motifs is 3. The Hall–Kier alpha value is -18.3. The van der Waals surface area contributed by atoms with Gasteiger partial charge in [-0.05, 0) is 324 Å². The molecule has 0 amide bonds. The molecule has 15 nitrogen and oxygen atoms in total. The number of para-hydroxylation sites is 3. The van der Waals surface area contributed by atoms with Crippen molar-refractivity contribution in [2.75, 3.05) is 0 Å². The molecule has 0 unspecified atom stereocenters. The van der Waals surface area contributed by atoms with E-state index in [1.807, 2.05) is 172 Å². The average Bonchev–Trinajstić information content (AvgIpc) is 1.75. The third kappa shape index (κ3) is 19.3. The van der Waals surface area contributed by atoms with Gasteiger partial charge in [-0.3, -0.25) is 54.8 Å². The largest absolute Gasteiger partial charge is 0.264 e. The summed E-state index contributed by atoms with van der Waals surface area (Å²) in [6.07, 6.45) is 40.8.